The van der Waals surface area contributed by atoms with E-state index < -0.39 is 13.3 Å². The van der Waals surface area contributed by atoms with E-state index in [4.69, 9.17) is 9.97 Å². The number of rotatable bonds is 24. The van der Waals surface area contributed by atoms with Gasteiger partial charge in [-0.2, -0.15) is 0 Å². The second kappa shape index (κ2) is 27.9. The molecule has 0 N–H and O–H groups in total. The molecular formula is C67H74N3P. The van der Waals surface area contributed by atoms with Crippen LogP contribution in [0.1, 0.15) is 102 Å². The highest BCUT2D eigenvalue weighted by molar-refractivity contribution is 7.70. The molecule has 0 aliphatic carbocycles. The maximum absolute atomic E-state index is 5.63. The summed E-state index contributed by atoms with van der Waals surface area (Å²) in [6.45, 7) is 33.3. The lowest BCUT2D eigenvalue weighted by Gasteiger charge is -2.24. The number of aromatic nitrogens is 3. The van der Waals surface area contributed by atoms with Crippen LogP contribution in [0.5, 0.6) is 0 Å². The zero-order chi connectivity index (χ0) is 51.2. The summed E-state index contributed by atoms with van der Waals surface area (Å²) in [5.41, 5.74) is 12.5. The highest BCUT2D eigenvalue weighted by atomic mass is 31.1. The number of hydrogen-bond acceptors (Lipinski definition) is 2. The van der Waals surface area contributed by atoms with Crippen molar-refractivity contribution in [1.82, 2.24) is 14.5 Å². The third-order valence-corrected chi connectivity index (χ3v) is 14.5. The number of imidazole rings is 1. The van der Waals surface area contributed by atoms with Crippen LogP contribution < -0.4 is 5.30 Å². The van der Waals surface area contributed by atoms with Crippen LogP contribution in [0.25, 0.3) is 62.8 Å². The minimum atomic E-state index is -0.926. The van der Waals surface area contributed by atoms with Gasteiger partial charge in [-0.15, -0.1) is 13.2 Å². The molecule has 0 bridgehead atoms. The Kier molecular flexibility index (Phi) is 21.5. The van der Waals surface area contributed by atoms with Gasteiger partial charge in [-0.1, -0.05) is 190 Å². The van der Waals surface area contributed by atoms with E-state index in [-0.39, 0.29) is 0 Å². The van der Waals surface area contributed by atoms with E-state index in [1.54, 1.807) is 6.08 Å². The Labute approximate surface area is 428 Å². The topological polar surface area (TPSA) is 30.7 Å². The van der Waals surface area contributed by atoms with Crippen molar-refractivity contribution in [2.45, 2.75) is 80.1 Å². The van der Waals surface area contributed by atoms with Crippen molar-refractivity contribution in [1.29, 1.82) is 0 Å². The fraction of sp³-hybridized carbons (Fsp3) is 0.194. The van der Waals surface area contributed by atoms with Crippen molar-refractivity contribution >= 4 is 53.6 Å². The number of benzene rings is 3. The number of pyridine rings is 1. The van der Waals surface area contributed by atoms with Crippen LogP contribution in [-0.2, 0) is 11.8 Å². The van der Waals surface area contributed by atoms with Gasteiger partial charge < -0.3 is 4.57 Å². The molecule has 362 valence electrons. The van der Waals surface area contributed by atoms with E-state index in [9.17, 15) is 0 Å². The smallest absolute Gasteiger partial charge is 0.123 e. The first kappa shape index (κ1) is 54.7. The monoisotopic (exact) mass is 952 g/mol. The first-order valence-electron chi connectivity index (χ1n) is 24.9. The van der Waals surface area contributed by atoms with Gasteiger partial charge >= 0.3 is 0 Å². The van der Waals surface area contributed by atoms with Crippen LogP contribution in [0.4, 0.5) is 0 Å². The molecule has 2 heterocycles. The van der Waals surface area contributed by atoms with Gasteiger partial charge in [0.1, 0.15) is 5.82 Å². The lowest BCUT2D eigenvalue weighted by atomic mass is 9.87. The molecule has 3 nitrogen and oxygen atoms in total. The van der Waals surface area contributed by atoms with Crippen molar-refractivity contribution in [3.05, 3.63) is 254 Å². The molecule has 0 radical (unpaired) electrons. The van der Waals surface area contributed by atoms with Gasteiger partial charge in [0.25, 0.3) is 0 Å². The lowest BCUT2D eigenvalue weighted by Crippen LogP contribution is -2.20. The number of allylic oxidation sites excluding steroid dienone is 23. The maximum atomic E-state index is 5.63. The van der Waals surface area contributed by atoms with Crippen molar-refractivity contribution in [2.75, 3.05) is 6.16 Å². The second-order valence-corrected chi connectivity index (χ2v) is 19.7. The Hall–Kier alpha value is -7.19. The normalized spacial score (nSPS) is 13.8. The fourth-order valence-corrected chi connectivity index (χ4v) is 10.7. The first-order chi connectivity index (χ1) is 34.6. The van der Waals surface area contributed by atoms with E-state index in [1.165, 1.54) is 16.2 Å². The van der Waals surface area contributed by atoms with Crippen molar-refractivity contribution < 1.29 is 0 Å². The molecule has 0 aliphatic rings. The molecule has 71 heavy (non-hydrogen) atoms. The van der Waals surface area contributed by atoms with Gasteiger partial charge in [0, 0.05) is 44.9 Å². The number of fused-ring (bicyclic) bond motifs is 1. The van der Waals surface area contributed by atoms with Gasteiger partial charge in [-0.05, 0) is 145 Å². The maximum Gasteiger partial charge on any atom is 0.123 e. The van der Waals surface area contributed by atoms with Crippen LogP contribution in [0.15, 0.2) is 220 Å². The predicted molar refractivity (Wildman–Crippen MR) is 320 cm³/mol. The lowest BCUT2D eigenvalue weighted by molar-refractivity contribution is 0.605. The second-order valence-electron chi connectivity index (χ2n) is 17.5. The van der Waals surface area contributed by atoms with Crippen molar-refractivity contribution in [3.63, 3.8) is 0 Å². The molecule has 3 aromatic carbocycles. The molecule has 0 fully saturated rings. The molecule has 5 aromatic rings. The van der Waals surface area contributed by atoms with Gasteiger partial charge in [-0.3, -0.25) is 0 Å². The van der Waals surface area contributed by atoms with Crippen molar-refractivity contribution in [2.24, 2.45) is 0 Å². The van der Waals surface area contributed by atoms with Crippen LogP contribution >= 0.6 is 7.92 Å². The zero-order valence-corrected chi connectivity index (χ0v) is 44.5. The van der Waals surface area contributed by atoms with E-state index in [0.29, 0.717) is 0 Å². The summed E-state index contributed by atoms with van der Waals surface area (Å²) in [4.78, 5) is 10.8. The molecule has 4 heteroatoms. The summed E-state index contributed by atoms with van der Waals surface area (Å²) in [5.74, 6) is 0.938. The Morgan fingerprint density at radius 2 is 1.48 bits per heavy atom. The largest absolute Gasteiger partial charge is 0.303 e. The van der Waals surface area contributed by atoms with Gasteiger partial charge in [0.2, 0.25) is 0 Å². The molecular weight excluding hydrogens is 878 g/mol. The minimum absolute atomic E-state index is 0.468. The summed E-state index contributed by atoms with van der Waals surface area (Å²) in [6.07, 6.45) is 54.2. The van der Waals surface area contributed by atoms with Crippen LogP contribution in [0.3, 0.4) is 0 Å². The molecule has 0 saturated heterocycles. The number of aryl methyl sites for hydroxylation is 1. The van der Waals surface area contributed by atoms with Crippen LogP contribution in [0.2, 0.25) is 0 Å². The standard InChI is InChI=1S/C67H74N3P/c1-13-23-27-28-29-34-46-71(58(22-10)40-26-16-4)59-48-54(51(19-7)44-45-67(11,12)66-68-56(39-25-15-3)50-70(66)57(21-9)35-17-5)47-55(49-59)63-61(36-18-6)64(53-37-32-30-33-38-53)69-65-60(41-31-24-14-2)52(20-8)42-43-62(63)65/h13-19,21-22,25-45,47-50H,1-3,10,20,23-24,46H2,4-9,11-12H3/b26-16-,28-27-,34-29-,35-17-,36-18-,39-25-,41-31-,45-44-,51-19+,57-21+,58-40+. The SMILES string of the molecule is C=C/C=C\c1cn(C(/C=C\C)=C/C)c(C(C)(C)/C=C\C(=C/C)c2cc(-c3c(/C=C\C)c(-c4ccccc4)nc4c(/C=C\CC=C)c(CC)ccc34)cc(P(C/C=C\C=C/CC=C)/C(C=C)=C/C=C\C)c2)n1. The summed E-state index contributed by atoms with van der Waals surface area (Å²) in [6, 6.07) is 22.5. The van der Waals surface area contributed by atoms with Gasteiger partial charge in [0.15, 0.2) is 0 Å². The summed E-state index contributed by atoms with van der Waals surface area (Å²) in [7, 11) is -0.926. The third kappa shape index (κ3) is 14.0. The molecule has 2 aromatic heterocycles. The van der Waals surface area contributed by atoms with E-state index in [2.05, 4.69) is 250 Å². The molecule has 0 aliphatic heterocycles. The molecule has 5 rings (SSSR count). The van der Waals surface area contributed by atoms with Crippen LogP contribution in [0, 0.1) is 0 Å². The van der Waals surface area contributed by atoms with E-state index in [1.807, 2.05) is 37.3 Å². The molecule has 0 spiro atoms. The quantitative estimate of drug-likeness (QED) is 0.0351. The molecule has 0 amide bonds. The average molecular weight is 952 g/mol. The van der Waals surface area contributed by atoms with E-state index >= 15 is 0 Å². The van der Waals surface area contributed by atoms with Crippen LogP contribution in [-0.4, -0.2) is 20.7 Å². The highest BCUT2D eigenvalue weighted by Crippen LogP contribution is 2.48. The van der Waals surface area contributed by atoms with Crippen molar-refractivity contribution in [3.8, 4) is 22.4 Å². The average Bonchev–Trinajstić information content (AvgIpc) is 3.83. The Morgan fingerprint density at radius 3 is 2.14 bits per heavy atom. The zero-order valence-electron chi connectivity index (χ0n) is 43.6. The van der Waals surface area contributed by atoms with Gasteiger partial charge in [0.05, 0.1) is 16.9 Å². The first-order valence-corrected chi connectivity index (χ1v) is 26.4. The third-order valence-electron chi connectivity index (χ3n) is 12.1. The summed E-state index contributed by atoms with van der Waals surface area (Å²) < 4.78 is 2.20. The van der Waals surface area contributed by atoms with E-state index in [0.717, 1.165) is 98.2 Å². The fourth-order valence-electron chi connectivity index (χ4n) is 8.55. The molecule has 1 unspecified atom stereocenters. The predicted octanol–water partition coefficient (Wildman–Crippen LogP) is 19.0. The number of hydrogen-bond donors (Lipinski definition) is 0. The summed E-state index contributed by atoms with van der Waals surface area (Å²) >= 11 is 0. The number of nitrogens with zero attached hydrogens (tertiary/aromatic N) is 3. The Balaban J connectivity index is 1.93. The molecule has 0 saturated carbocycles. The Bertz CT molecular complexity index is 3010. The summed E-state index contributed by atoms with van der Waals surface area (Å²) in [5, 5.41) is 3.56. The van der Waals surface area contributed by atoms with Gasteiger partial charge in [-0.25, -0.2) is 9.97 Å². The molecule has 1 atom stereocenters. The highest BCUT2D eigenvalue weighted by Gasteiger charge is 2.26. The minimum Gasteiger partial charge on any atom is -0.303 e. The Morgan fingerprint density at radius 1 is 0.718 bits per heavy atom.